The Hall–Kier alpha value is -1.29. The number of carbonyl (C=O) groups is 1. The molecule has 0 saturated carbocycles. The summed E-state index contributed by atoms with van der Waals surface area (Å²) in [6.07, 6.45) is 1.93. The Balaban J connectivity index is 2.59. The van der Waals surface area contributed by atoms with E-state index in [2.05, 4.69) is 10.6 Å². The molecule has 0 aliphatic carbocycles. The van der Waals surface area contributed by atoms with Gasteiger partial charge in [0.1, 0.15) is 6.54 Å². The van der Waals surface area contributed by atoms with Crippen molar-refractivity contribution < 1.29 is 4.79 Å². The Morgan fingerprint density at radius 2 is 2.12 bits per heavy atom. The molecular formula is C12H21N3O. The first kappa shape index (κ1) is 12.8. The number of hydrogen-bond donors (Lipinski definition) is 2. The lowest BCUT2D eigenvalue weighted by atomic mass is 10.1. The monoisotopic (exact) mass is 223 g/mol. The highest BCUT2D eigenvalue weighted by molar-refractivity contribution is 5.76. The third-order valence-electron chi connectivity index (χ3n) is 2.11. The van der Waals surface area contributed by atoms with Gasteiger partial charge in [-0.2, -0.15) is 0 Å². The van der Waals surface area contributed by atoms with E-state index in [9.17, 15) is 4.79 Å². The van der Waals surface area contributed by atoms with Crippen molar-refractivity contribution >= 4 is 5.91 Å². The van der Waals surface area contributed by atoms with E-state index >= 15 is 0 Å². The molecule has 1 aromatic heterocycles. The van der Waals surface area contributed by atoms with Gasteiger partial charge in [-0.3, -0.25) is 4.79 Å². The minimum Gasteiger partial charge on any atom is -0.350 e. The van der Waals surface area contributed by atoms with Crippen LogP contribution in [0.3, 0.4) is 0 Å². The highest BCUT2D eigenvalue weighted by atomic mass is 16.2. The minimum atomic E-state index is -0.173. The Kier molecular flexibility index (Phi) is 4.12. The van der Waals surface area contributed by atoms with Crippen LogP contribution in [-0.2, 0) is 17.9 Å². The van der Waals surface area contributed by atoms with Crippen molar-refractivity contribution in [1.29, 1.82) is 0 Å². The van der Waals surface area contributed by atoms with Gasteiger partial charge in [-0.25, -0.2) is 0 Å². The van der Waals surface area contributed by atoms with Crippen molar-refractivity contribution in [3.63, 3.8) is 0 Å². The van der Waals surface area contributed by atoms with Gasteiger partial charge in [-0.05, 0) is 40.0 Å². The van der Waals surface area contributed by atoms with Crippen molar-refractivity contribution in [2.24, 2.45) is 0 Å². The van der Waals surface area contributed by atoms with Crippen molar-refractivity contribution in [2.45, 2.75) is 39.4 Å². The number of nitrogens with one attached hydrogen (secondary N) is 2. The molecular weight excluding hydrogens is 202 g/mol. The molecule has 0 fully saturated rings. The Labute approximate surface area is 97.0 Å². The van der Waals surface area contributed by atoms with Crippen LogP contribution in [-0.4, -0.2) is 23.1 Å². The molecule has 16 heavy (non-hydrogen) atoms. The highest BCUT2D eigenvalue weighted by Gasteiger charge is 2.14. The van der Waals surface area contributed by atoms with Gasteiger partial charge in [0.15, 0.2) is 0 Å². The summed E-state index contributed by atoms with van der Waals surface area (Å²) in [6, 6.07) is 3.97. The maximum atomic E-state index is 11.7. The second-order valence-electron chi connectivity index (χ2n) is 4.96. The van der Waals surface area contributed by atoms with Crippen LogP contribution >= 0.6 is 0 Å². The molecule has 0 spiro atoms. The standard InChI is InChI=1S/C12H21N3O/c1-12(2,3)14-11(16)9-15-7-5-6-10(15)8-13-4/h5-7,13H,8-9H2,1-4H3,(H,14,16). The fourth-order valence-electron chi connectivity index (χ4n) is 1.56. The second-order valence-corrected chi connectivity index (χ2v) is 4.96. The van der Waals surface area contributed by atoms with Crippen LogP contribution in [0.1, 0.15) is 26.5 Å². The topological polar surface area (TPSA) is 46.1 Å². The van der Waals surface area contributed by atoms with Crippen molar-refractivity contribution in [1.82, 2.24) is 15.2 Å². The summed E-state index contributed by atoms with van der Waals surface area (Å²) < 4.78 is 1.96. The Morgan fingerprint density at radius 3 is 2.69 bits per heavy atom. The summed E-state index contributed by atoms with van der Waals surface area (Å²) in [7, 11) is 1.90. The van der Waals surface area contributed by atoms with Crippen molar-refractivity contribution in [3.8, 4) is 0 Å². The van der Waals surface area contributed by atoms with E-state index in [-0.39, 0.29) is 11.4 Å². The van der Waals surface area contributed by atoms with Crippen LogP contribution in [0.5, 0.6) is 0 Å². The lowest BCUT2D eigenvalue weighted by molar-refractivity contribution is -0.123. The fraction of sp³-hybridized carbons (Fsp3) is 0.583. The summed E-state index contributed by atoms with van der Waals surface area (Å²) in [5.74, 6) is 0.0426. The van der Waals surface area contributed by atoms with Gasteiger partial charge in [-0.15, -0.1) is 0 Å². The van der Waals surface area contributed by atoms with Crippen molar-refractivity contribution in [2.75, 3.05) is 7.05 Å². The molecule has 0 unspecified atom stereocenters. The summed E-state index contributed by atoms with van der Waals surface area (Å²) in [6.45, 7) is 7.09. The predicted octanol–water partition coefficient (Wildman–Crippen LogP) is 1.12. The lowest BCUT2D eigenvalue weighted by Crippen LogP contribution is -2.42. The van der Waals surface area contributed by atoms with Crippen LogP contribution in [0.2, 0.25) is 0 Å². The highest BCUT2D eigenvalue weighted by Crippen LogP contribution is 2.03. The van der Waals surface area contributed by atoms with Crippen LogP contribution in [0.4, 0.5) is 0 Å². The second kappa shape index (κ2) is 5.16. The lowest BCUT2D eigenvalue weighted by Gasteiger charge is -2.21. The molecule has 4 nitrogen and oxygen atoms in total. The van der Waals surface area contributed by atoms with Gasteiger partial charge in [0.2, 0.25) is 5.91 Å². The minimum absolute atomic E-state index is 0.0426. The van der Waals surface area contributed by atoms with E-state index in [1.807, 2.05) is 50.7 Å². The van der Waals surface area contributed by atoms with Crippen LogP contribution in [0.25, 0.3) is 0 Å². The molecule has 0 atom stereocenters. The fourth-order valence-corrected chi connectivity index (χ4v) is 1.56. The van der Waals surface area contributed by atoms with E-state index in [0.29, 0.717) is 6.54 Å². The molecule has 1 amide bonds. The van der Waals surface area contributed by atoms with Crippen LogP contribution < -0.4 is 10.6 Å². The van der Waals surface area contributed by atoms with Gasteiger partial charge in [-0.1, -0.05) is 0 Å². The Bertz CT molecular complexity index is 349. The van der Waals surface area contributed by atoms with E-state index in [4.69, 9.17) is 0 Å². The van der Waals surface area contributed by atoms with Crippen LogP contribution in [0.15, 0.2) is 18.3 Å². The average Bonchev–Trinajstić information content (AvgIpc) is 2.50. The van der Waals surface area contributed by atoms with Gasteiger partial charge in [0.05, 0.1) is 0 Å². The zero-order chi connectivity index (χ0) is 12.2. The van der Waals surface area contributed by atoms with E-state index < -0.39 is 0 Å². The summed E-state index contributed by atoms with van der Waals surface area (Å²) >= 11 is 0. The summed E-state index contributed by atoms with van der Waals surface area (Å²) in [4.78, 5) is 11.7. The van der Waals surface area contributed by atoms with Gasteiger partial charge < -0.3 is 15.2 Å². The maximum absolute atomic E-state index is 11.7. The zero-order valence-electron chi connectivity index (χ0n) is 10.5. The molecule has 4 heteroatoms. The normalized spacial score (nSPS) is 11.5. The largest absolute Gasteiger partial charge is 0.350 e. The molecule has 0 aromatic carbocycles. The first-order valence-corrected chi connectivity index (χ1v) is 5.52. The smallest absolute Gasteiger partial charge is 0.240 e. The van der Waals surface area contributed by atoms with Gasteiger partial charge in [0.25, 0.3) is 0 Å². The van der Waals surface area contributed by atoms with Crippen LogP contribution in [0, 0.1) is 0 Å². The number of nitrogens with zero attached hydrogens (tertiary/aromatic N) is 1. The number of carbonyl (C=O) groups excluding carboxylic acids is 1. The maximum Gasteiger partial charge on any atom is 0.240 e. The predicted molar refractivity (Wildman–Crippen MR) is 65.1 cm³/mol. The zero-order valence-corrected chi connectivity index (χ0v) is 10.5. The molecule has 1 aromatic rings. The van der Waals surface area contributed by atoms with Gasteiger partial charge in [0, 0.05) is 24.0 Å². The summed E-state index contributed by atoms with van der Waals surface area (Å²) in [5, 5.41) is 6.03. The van der Waals surface area contributed by atoms with Gasteiger partial charge >= 0.3 is 0 Å². The third kappa shape index (κ3) is 4.06. The van der Waals surface area contributed by atoms with E-state index in [1.54, 1.807) is 0 Å². The summed E-state index contributed by atoms with van der Waals surface area (Å²) in [5.41, 5.74) is 0.944. The molecule has 90 valence electrons. The quantitative estimate of drug-likeness (QED) is 0.803. The van der Waals surface area contributed by atoms with E-state index in [0.717, 1.165) is 12.2 Å². The number of amides is 1. The van der Waals surface area contributed by atoms with E-state index in [1.165, 1.54) is 0 Å². The third-order valence-corrected chi connectivity index (χ3v) is 2.11. The molecule has 0 aliphatic rings. The molecule has 0 radical (unpaired) electrons. The number of hydrogen-bond acceptors (Lipinski definition) is 2. The molecule has 0 bridgehead atoms. The van der Waals surface area contributed by atoms with Crippen molar-refractivity contribution in [3.05, 3.63) is 24.0 Å². The first-order valence-electron chi connectivity index (χ1n) is 5.52. The first-order chi connectivity index (χ1) is 7.42. The molecule has 2 N–H and O–H groups in total. The average molecular weight is 223 g/mol. The number of rotatable bonds is 4. The molecule has 0 aliphatic heterocycles. The SMILES string of the molecule is CNCc1cccn1CC(=O)NC(C)(C)C. The number of aromatic nitrogens is 1. The molecule has 0 saturated heterocycles. The molecule has 1 heterocycles. The Morgan fingerprint density at radius 1 is 1.44 bits per heavy atom. The molecule has 1 rings (SSSR count).